The average molecular weight is 438 g/mol. The van der Waals surface area contributed by atoms with E-state index in [0.717, 1.165) is 22.3 Å². The van der Waals surface area contributed by atoms with Crippen LogP contribution in [0.15, 0.2) is 48.5 Å². The summed E-state index contributed by atoms with van der Waals surface area (Å²) in [7, 11) is 1.27. The van der Waals surface area contributed by atoms with Gasteiger partial charge in [0.1, 0.15) is 6.61 Å². The lowest BCUT2D eigenvalue weighted by molar-refractivity contribution is -0.148. The molecule has 0 aromatic heterocycles. The first-order valence-corrected chi connectivity index (χ1v) is 10.6. The van der Waals surface area contributed by atoms with E-state index in [1.807, 2.05) is 24.3 Å². The highest BCUT2D eigenvalue weighted by Crippen LogP contribution is 2.46. The third-order valence-corrected chi connectivity index (χ3v) is 6.26. The number of carboxylic acids is 1. The van der Waals surface area contributed by atoms with Gasteiger partial charge in [-0.1, -0.05) is 48.5 Å². The Kier molecular flexibility index (Phi) is 6.14. The minimum absolute atomic E-state index is 0.0340. The van der Waals surface area contributed by atoms with E-state index in [9.17, 15) is 14.4 Å². The zero-order valence-electron chi connectivity index (χ0n) is 17.8. The molecule has 2 aromatic rings. The van der Waals surface area contributed by atoms with Gasteiger partial charge in [0.25, 0.3) is 0 Å². The molecule has 1 saturated carbocycles. The SMILES string of the molecule is COC(CNC(=O)C1(CNC(=O)OCC2c3ccccc3-c3ccccc32)CC1)C(=O)O. The summed E-state index contributed by atoms with van der Waals surface area (Å²) < 4.78 is 10.3. The summed E-state index contributed by atoms with van der Waals surface area (Å²) in [6.45, 7) is 0.213. The molecule has 4 rings (SSSR count). The topological polar surface area (TPSA) is 114 Å². The number of carbonyl (C=O) groups excluding carboxylic acids is 2. The summed E-state index contributed by atoms with van der Waals surface area (Å²) in [6.07, 6.45) is -0.448. The number of hydrogen-bond donors (Lipinski definition) is 3. The van der Waals surface area contributed by atoms with E-state index < -0.39 is 23.6 Å². The van der Waals surface area contributed by atoms with Crippen molar-refractivity contribution < 1.29 is 29.0 Å². The zero-order chi connectivity index (χ0) is 22.7. The number of methoxy groups -OCH3 is 1. The van der Waals surface area contributed by atoms with Crippen LogP contribution in [0.25, 0.3) is 11.1 Å². The fourth-order valence-corrected chi connectivity index (χ4v) is 4.17. The Hall–Kier alpha value is -3.39. The molecule has 2 amide bonds. The van der Waals surface area contributed by atoms with Crippen LogP contribution in [0.4, 0.5) is 4.79 Å². The number of fused-ring (bicyclic) bond motifs is 3. The molecule has 0 radical (unpaired) electrons. The number of aliphatic carboxylic acids is 1. The molecule has 168 valence electrons. The number of hydrogen-bond acceptors (Lipinski definition) is 5. The van der Waals surface area contributed by atoms with Gasteiger partial charge in [-0.3, -0.25) is 4.79 Å². The number of carbonyl (C=O) groups is 3. The van der Waals surface area contributed by atoms with Crippen molar-refractivity contribution in [2.45, 2.75) is 24.9 Å². The van der Waals surface area contributed by atoms with Crippen molar-refractivity contribution in [1.82, 2.24) is 10.6 Å². The minimum Gasteiger partial charge on any atom is -0.479 e. The first-order chi connectivity index (χ1) is 15.4. The minimum atomic E-state index is -1.14. The molecule has 1 fully saturated rings. The maximum atomic E-state index is 12.5. The number of rotatable bonds is 9. The van der Waals surface area contributed by atoms with Crippen LogP contribution < -0.4 is 10.6 Å². The molecule has 2 aliphatic carbocycles. The Labute approximate surface area is 185 Å². The van der Waals surface area contributed by atoms with Crippen molar-refractivity contribution in [3.05, 3.63) is 59.7 Å². The van der Waals surface area contributed by atoms with Gasteiger partial charge < -0.3 is 25.2 Å². The molecule has 8 heteroatoms. The van der Waals surface area contributed by atoms with Gasteiger partial charge in [0, 0.05) is 19.6 Å². The van der Waals surface area contributed by atoms with E-state index in [1.165, 1.54) is 7.11 Å². The van der Waals surface area contributed by atoms with Crippen LogP contribution in [0.1, 0.15) is 29.9 Å². The van der Waals surface area contributed by atoms with Crippen LogP contribution in [0.5, 0.6) is 0 Å². The number of amides is 2. The van der Waals surface area contributed by atoms with Gasteiger partial charge in [-0.2, -0.15) is 0 Å². The van der Waals surface area contributed by atoms with Crippen molar-refractivity contribution in [2.75, 3.05) is 26.8 Å². The van der Waals surface area contributed by atoms with Crippen LogP contribution in [-0.4, -0.2) is 56.0 Å². The second kappa shape index (κ2) is 9.00. The molecule has 1 atom stereocenters. The van der Waals surface area contributed by atoms with Crippen molar-refractivity contribution in [1.29, 1.82) is 0 Å². The van der Waals surface area contributed by atoms with E-state index in [-0.39, 0.29) is 31.5 Å². The van der Waals surface area contributed by atoms with Gasteiger partial charge in [0.05, 0.1) is 12.0 Å². The van der Waals surface area contributed by atoms with E-state index in [4.69, 9.17) is 14.6 Å². The third-order valence-electron chi connectivity index (χ3n) is 6.26. The molecular formula is C24H26N2O6. The van der Waals surface area contributed by atoms with Gasteiger partial charge in [-0.15, -0.1) is 0 Å². The Morgan fingerprint density at radius 2 is 1.62 bits per heavy atom. The van der Waals surface area contributed by atoms with Crippen molar-refractivity contribution in [2.24, 2.45) is 5.41 Å². The number of benzene rings is 2. The van der Waals surface area contributed by atoms with Crippen LogP contribution in [0.2, 0.25) is 0 Å². The predicted molar refractivity (Wildman–Crippen MR) is 116 cm³/mol. The largest absolute Gasteiger partial charge is 0.479 e. The van der Waals surface area contributed by atoms with E-state index >= 15 is 0 Å². The fourth-order valence-electron chi connectivity index (χ4n) is 4.17. The highest BCUT2D eigenvalue weighted by molar-refractivity contribution is 5.87. The molecule has 3 N–H and O–H groups in total. The number of carboxylic acid groups (broad SMARTS) is 1. The molecule has 0 spiro atoms. The quantitative estimate of drug-likeness (QED) is 0.554. The first-order valence-electron chi connectivity index (χ1n) is 10.6. The van der Waals surface area contributed by atoms with Crippen LogP contribution >= 0.6 is 0 Å². The standard InChI is InChI=1S/C24H26N2O6/c1-31-20(21(27)28)12-25-22(29)24(10-11-24)14-26-23(30)32-13-19-17-8-4-2-6-15(17)16-7-3-5-9-18(16)19/h2-9,19-20H,10-14H2,1H3,(H,25,29)(H,26,30)(H,27,28). The Morgan fingerprint density at radius 3 is 2.16 bits per heavy atom. The lowest BCUT2D eigenvalue weighted by Crippen LogP contribution is -2.44. The molecule has 0 aliphatic heterocycles. The molecule has 0 saturated heterocycles. The second-order valence-electron chi connectivity index (χ2n) is 8.23. The molecule has 0 heterocycles. The number of ether oxygens (including phenoxy) is 2. The zero-order valence-corrected chi connectivity index (χ0v) is 17.8. The Balaban J connectivity index is 1.30. The van der Waals surface area contributed by atoms with Crippen LogP contribution in [0.3, 0.4) is 0 Å². The second-order valence-corrected chi connectivity index (χ2v) is 8.23. The highest BCUT2D eigenvalue weighted by atomic mass is 16.5. The van der Waals surface area contributed by atoms with Crippen LogP contribution in [0, 0.1) is 5.41 Å². The van der Waals surface area contributed by atoms with Gasteiger partial charge in [0.2, 0.25) is 5.91 Å². The van der Waals surface area contributed by atoms with Gasteiger partial charge in [0.15, 0.2) is 6.10 Å². The van der Waals surface area contributed by atoms with Crippen molar-refractivity contribution in [3.63, 3.8) is 0 Å². The predicted octanol–water partition coefficient (Wildman–Crippen LogP) is 2.52. The molecule has 1 unspecified atom stereocenters. The molecule has 32 heavy (non-hydrogen) atoms. The Morgan fingerprint density at radius 1 is 1.03 bits per heavy atom. The van der Waals surface area contributed by atoms with Gasteiger partial charge in [-0.05, 0) is 35.1 Å². The van der Waals surface area contributed by atoms with Gasteiger partial charge >= 0.3 is 12.1 Å². The number of nitrogens with one attached hydrogen (secondary N) is 2. The summed E-state index contributed by atoms with van der Waals surface area (Å²) in [5, 5.41) is 14.3. The summed E-state index contributed by atoms with van der Waals surface area (Å²) in [5.74, 6) is -1.47. The normalized spacial score (nSPS) is 16.4. The summed E-state index contributed by atoms with van der Waals surface area (Å²) >= 11 is 0. The Bertz CT molecular complexity index is 987. The lowest BCUT2D eigenvalue weighted by atomic mass is 9.98. The van der Waals surface area contributed by atoms with Crippen molar-refractivity contribution in [3.8, 4) is 11.1 Å². The summed E-state index contributed by atoms with van der Waals surface area (Å²) in [6, 6.07) is 16.2. The van der Waals surface area contributed by atoms with E-state index in [1.54, 1.807) is 0 Å². The monoisotopic (exact) mass is 438 g/mol. The summed E-state index contributed by atoms with van der Waals surface area (Å²) in [4.78, 5) is 35.8. The lowest BCUT2D eigenvalue weighted by Gasteiger charge is -2.19. The van der Waals surface area contributed by atoms with Crippen molar-refractivity contribution >= 4 is 18.0 Å². The first kappa shape index (κ1) is 21.8. The molecule has 2 aliphatic rings. The number of alkyl carbamates (subject to hydrolysis) is 1. The van der Waals surface area contributed by atoms with E-state index in [0.29, 0.717) is 12.8 Å². The fraction of sp³-hybridized carbons (Fsp3) is 0.375. The molecule has 2 aromatic carbocycles. The van der Waals surface area contributed by atoms with Gasteiger partial charge in [-0.25, -0.2) is 9.59 Å². The molecular weight excluding hydrogens is 412 g/mol. The highest BCUT2D eigenvalue weighted by Gasteiger charge is 2.50. The third kappa shape index (κ3) is 4.31. The van der Waals surface area contributed by atoms with Crippen LogP contribution in [-0.2, 0) is 19.1 Å². The summed E-state index contributed by atoms with van der Waals surface area (Å²) in [5.41, 5.74) is 3.85. The smallest absolute Gasteiger partial charge is 0.407 e. The average Bonchev–Trinajstić information content (AvgIpc) is 3.53. The maximum absolute atomic E-state index is 12.5. The molecule has 8 nitrogen and oxygen atoms in total. The maximum Gasteiger partial charge on any atom is 0.407 e. The van der Waals surface area contributed by atoms with E-state index in [2.05, 4.69) is 34.9 Å². The molecule has 0 bridgehead atoms.